The van der Waals surface area contributed by atoms with Gasteiger partial charge in [-0.2, -0.15) is 0 Å². The molecule has 0 saturated carbocycles. The summed E-state index contributed by atoms with van der Waals surface area (Å²) in [5, 5.41) is 0. The molecule has 0 fully saturated rings. The summed E-state index contributed by atoms with van der Waals surface area (Å²) in [5.74, 6) is -0.252. The van der Waals surface area contributed by atoms with Gasteiger partial charge < -0.3 is 13.8 Å². The van der Waals surface area contributed by atoms with Gasteiger partial charge in [-0.25, -0.2) is 4.57 Å². The van der Waals surface area contributed by atoms with Crippen LogP contribution in [0, 0.1) is 0 Å². The Morgan fingerprint density at radius 2 is 1.88 bits per heavy atom. The minimum Gasteiger partial charge on any atom is -0.468 e. The molecule has 1 unspecified atom stereocenters. The van der Waals surface area contributed by atoms with Gasteiger partial charge in [0.1, 0.15) is 5.75 Å². The van der Waals surface area contributed by atoms with Crippen molar-refractivity contribution < 1.29 is 23.1 Å². The van der Waals surface area contributed by atoms with E-state index in [2.05, 4.69) is 4.74 Å². The molecule has 16 heavy (non-hydrogen) atoms. The molecule has 0 aliphatic heterocycles. The lowest BCUT2D eigenvalue weighted by Crippen LogP contribution is -2.11. The number of hydrogen-bond acceptors (Lipinski definition) is 5. The third-order valence-electron chi connectivity index (χ3n) is 1.82. The minimum absolute atomic E-state index is 0.386. The molecule has 1 atom stereocenters. The first-order valence-corrected chi connectivity index (χ1v) is 6.28. The van der Waals surface area contributed by atoms with Gasteiger partial charge in [0, 0.05) is 7.11 Å². The fourth-order valence-electron chi connectivity index (χ4n) is 0.999. The van der Waals surface area contributed by atoms with Crippen molar-refractivity contribution in [2.45, 2.75) is 0 Å². The van der Waals surface area contributed by atoms with Gasteiger partial charge in [-0.15, -0.1) is 0 Å². The molecule has 0 aliphatic carbocycles. The summed E-state index contributed by atoms with van der Waals surface area (Å²) >= 11 is 0. The molecule has 6 heteroatoms. The molecule has 0 saturated heterocycles. The minimum atomic E-state index is -3.47. The molecule has 1 aromatic carbocycles. The Morgan fingerprint density at radius 1 is 1.25 bits per heavy atom. The number of carbonyl (C=O) groups excluding carboxylic acids is 1. The van der Waals surface area contributed by atoms with E-state index in [4.69, 9.17) is 9.05 Å². The number of ether oxygens (including phenoxy) is 1. The fourth-order valence-corrected chi connectivity index (χ4v) is 2.16. The number of carbonyl (C=O) groups is 1. The number of rotatable bonds is 5. The van der Waals surface area contributed by atoms with Crippen molar-refractivity contribution in [2.75, 3.05) is 20.4 Å². The lowest BCUT2D eigenvalue weighted by molar-refractivity contribution is -0.137. The highest BCUT2D eigenvalue weighted by molar-refractivity contribution is 7.55. The molecule has 5 nitrogen and oxygen atoms in total. The van der Waals surface area contributed by atoms with Crippen molar-refractivity contribution in [3.05, 3.63) is 30.3 Å². The van der Waals surface area contributed by atoms with E-state index in [0.29, 0.717) is 5.75 Å². The van der Waals surface area contributed by atoms with E-state index in [1.807, 2.05) is 0 Å². The Morgan fingerprint density at radius 3 is 2.38 bits per heavy atom. The highest BCUT2D eigenvalue weighted by Gasteiger charge is 2.29. The van der Waals surface area contributed by atoms with E-state index in [1.165, 1.54) is 14.2 Å². The molecular formula is C10H13O5P. The highest BCUT2D eigenvalue weighted by Crippen LogP contribution is 2.47. The topological polar surface area (TPSA) is 61.8 Å². The van der Waals surface area contributed by atoms with Gasteiger partial charge in [-0.1, -0.05) is 18.2 Å². The van der Waals surface area contributed by atoms with Gasteiger partial charge >= 0.3 is 13.6 Å². The summed E-state index contributed by atoms with van der Waals surface area (Å²) in [7, 11) is -1.03. The average molecular weight is 244 g/mol. The quantitative estimate of drug-likeness (QED) is 0.586. The third kappa shape index (κ3) is 3.68. The molecule has 0 aromatic heterocycles. The summed E-state index contributed by atoms with van der Waals surface area (Å²) < 4.78 is 26.3. The molecule has 0 bridgehead atoms. The van der Waals surface area contributed by atoms with E-state index < -0.39 is 19.7 Å². The third-order valence-corrected chi connectivity index (χ3v) is 3.51. The van der Waals surface area contributed by atoms with Crippen LogP contribution in [-0.2, 0) is 18.6 Å². The van der Waals surface area contributed by atoms with Crippen LogP contribution in [-0.4, -0.2) is 26.4 Å². The Bertz CT molecular complexity index is 389. The number of benzene rings is 1. The zero-order chi connectivity index (χ0) is 12.0. The summed E-state index contributed by atoms with van der Waals surface area (Å²) in [6.07, 6.45) is -0.408. The second kappa shape index (κ2) is 5.68. The van der Waals surface area contributed by atoms with E-state index >= 15 is 0 Å². The Labute approximate surface area is 93.9 Å². The van der Waals surface area contributed by atoms with Crippen molar-refractivity contribution in [1.29, 1.82) is 0 Å². The lowest BCUT2D eigenvalue weighted by atomic mass is 10.3. The molecule has 0 spiro atoms. The average Bonchev–Trinajstić information content (AvgIpc) is 2.30. The predicted molar refractivity (Wildman–Crippen MR) is 58.6 cm³/mol. The van der Waals surface area contributed by atoms with E-state index in [9.17, 15) is 9.36 Å². The first-order chi connectivity index (χ1) is 7.59. The van der Waals surface area contributed by atoms with Gasteiger partial charge in [-0.05, 0) is 12.1 Å². The molecule has 0 radical (unpaired) electrons. The van der Waals surface area contributed by atoms with Gasteiger partial charge in [0.15, 0.2) is 6.16 Å². The Kier molecular flexibility index (Phi) is 4.52. The van der Waals surface area contributed by atoms with Crippen LogP contribution in [0.15, 0.2) is 30.3 Å². The maximum atomic E-state index is 12.0. The zero-order valence-corrected chi connectivity index (χ0v) is 9.98. The SMILES string of the molecule is COC(=O)CP(=O)(OC)Oc1ccccc1. The van der Waals surface area contributed by atoms with E-state index in [0.717, 1.165) is 0 Å². The van der Waals surface area contributed by atoms with Gasteiger partial charge in [-0.3, -0.25) is 4.79 Å². The molecule has 1 rings (SSSR count). The molecule has 0 heterocycles. The molecule has 0 aliphatic rings. The zero-order valence-electron chi connectivity index (χ0n) is 9.08. The summed E-state index contributed by atoms with van der Waals surface area (Å²) in [4.78, 5) is 11.0. The van der Waals surface area contributed by atoms with Crippen molar-refractivity contribution in [1.82, 2.24) is 0 Å². The molecular weight excluding hydrogens is 231 g/mol. The number of esters is 1. The van der Waals surface area contributed by atoms with Crippen LogP contribution in [0.3, 0.4) is 0 Å². The van der Waals surface area contributed by atoms with Crippen molar-refractivity contribution in [3.63, 3.8) is 0 Å². The standard InChI is InChI=1S/C10H13O5P/c1-13-10(11)8-16(12,14-2)15-9-6-4-3-5-7-9/h3-7H,8H2,1-2H3. The summed E-state index contributed by atoms with van der Waals surface area (Å²) in [6.45, 7) is 0. The van der Waals surface area contributed by atoms with Crippen LogP contribution < -0.4 is 4.52 Å². The van der Waals surface area contributed by atoms with Crippen molar-refractivity contribution in [3.8, 4) is 5.75 Å². The second-order valence-electron chi connectivity index (χ2n) is 2.93. The van der Waals surface area contributed by atoms with E-state index in [1.54, 1.807) is 30.3 Å². The second-order valence-corrected chi connectivity index (χ2v) is 5.02. The Balaban J connectivity index is 2.74. The largest absolute Gasteiger partial charge is 0.468 e. The van der Waals surface area contributed by atoms with E-state index in [-0.39, 0.29) is 0 Å². The molecule has 88 valence electrons. The molecule has 0 amide bonds. The normalized spacial score (nSPS) is 13.9. The number of para-hydroxylation sites is 1. The first-order valence-electron chi connectivity index (χ1n) is 4.56. The first kappa shape index (κ1) is 12.7. The van der Waals surface area contributed by atoms with Crippen LogP contribution >= 0.6 is 7.60 Å². The summed E-state index contributed by atoms with van der Waals surface area (Å²) in [6, 6.07) is 8.51. The summed E-state index contributed by atoms with van der Waals surface area (Å²) in [5.41, 5.74) is 0. The monoisotopic (exact) mass is 244 g/mol. The van der Waals surface area contributed by atoms with Gasteiger partial charge in [0.05, 0.1) is 7.11 Å². The van der Waals surface area contributed by atoms with Crippen molar-refractivity contribution in [2.24, 2.45) is 0 Å². The van der Waals surface area contributed by atoms with Crippen LogP contribution in [0.25, 0.3) is 0 Å². The lowest BCUT2D eigenvalue weighted by Gasteiger charge is -2.15. The van der Waals surface area contributed by atoms with Gasteiger partial charge in [0.25, 0.3) is 0 Å². The van der Waals surface area contributed by atoms with Crippen LogP contribution in [0.2, 0.25) is 0 Å². The maximum absolute atomic E-state index is 12.0. The fraction of sp³-hybridized carbons (Fsp3) is 0.300. The highest BCUT2D eigenvalue weighted by atomic mass is 31.2. The van der Waals surface area contributed by atoms with Crippen molar-refractivity contribution >= 4 is 13.6 Å². The van der Waals surface area contributed by atoms with Crippen LogP contribution in [0.4, 0.5) is 0 Å². The number of methoxy groups -OCH3 is 1. The van der Waals surface area contributed by atoms with Crippen LogP contribution in [0.1, 0.15) is 0 Å². The number of hydrogen-bond donors (Lipinski definition) is 0. The molecule has 1 aromatic rings. The predicted octanol–water partition coefficient (Wildman–Crippen LogP) is 2.08. The maximum Gasteiger partial charge on any atom is 0.390 e. The van der Waals surface area contributed by atoms with Gasteiger partial charge in [0.2, 0.25) is 0 Å². The van der Waals surface area contributed by atoms with Crippen LogP contribution in [0.5, 0.6) is 5.75 Å². The molecule has 0 N–H and O–H groups in total. The Hall–Kier alpha value is -1.32. The smallest absolute Gasteiger partial charge is 0.390 e.